The first-order valence-electron chi connectivity index (χ1n) is 7.10. The van der Waals surface area contributed by atoms with Crippen molar-refractivity contribution in [2.24, 2.45) is 0 Å². The predicted molar refractivity (Wildman–Crippen MR) is 84.5 cm³/mol. The van der Waals surface area contributed by atoms with E-state index in [9.17, 15) is 9.00 Å². The van der Waals surface area contributed by atoms with Gasteiger partial charge in [0.05, 0.1) is 5.75 Å². The maximum atomic E-state index is 12.3. The van der Waals surface area contributed by atoms with E-state index in [0.29, 0.717) is 18.1 Å². The van der Waals surface area contributed by atoms with E-state index < -0.39 is 16.0 Å². The number of tetrazole rings is 1. The molecule has 1 aromatic carbocycles. The molecule has 1 N–H and O–H groups in total. The molecule has 8 heteroatoms. The highest BCUT2D eigenvalue weighted by atomic mass is 32.2. The predicted octanol–water partition coefficient (Wildman–Crippen LogP) is 1.36. The first-order valence-corrected chi connectivity index (χ1v) is 8.48. The van der Waals surface area contributed by atoms with Crippen LogP contribution in [0.15, 0.2) is 30.3 Å². The Morgan fingerprint density at radius 1 is 1.36 bits per heavy atom. The van der Waals surface area contributed by atoms with E-state index in [2.05, 4.69) is 20.8 Å². The zero-order valence-electron chi connectivity index (χ0n) is 12.6. The smallest absolute Gasteiger partial charge is 0.239 e. The Balaban J connectivity index is 1.96. The number of nitrogens with zero attached hydrogens (tertiary/aromatic N) is 4. The highest BCUT2D eigenvalue weighted by Crippen LogP contribution is 2.10. The number of carbonyl (C=O) groups excluding carboxylic acids is 1. The van der Waals surface area contributed by atoms with Gasteiger partial charge in [-0.15, -0.1) is 5.10 Å². The number of aryl methyl sites for hydroxylation is 1. The van der Waals surface area contributed by atoms with Gasteiger partial charge in [-0.05, 0) is 35.9 Å². The summed E-state index contributed by atoms with van der Waals surface area (Å²) in [6.07, 6.45) is 0.884. The van der Waals surface area contributed by atoms with Crippen LogP contribution in [0.3, 0.4) is 0 Å². The molecule has 22 heavy (non-hydrogen) atoms. The van der Waals surface area contributed by atoms with E-state index in [1.54, 1.807) is 23.7 Å². The molecule has 7 nitrogen and oxygen atoms in total. The maximum Gasteiger partial charge on any atom is 0.239 e. The molecule has 1 heterocycles. The number of rotatable bonds is 7. The summed E-state index contributed by atoms with van der Waals surface area (Å²) >= 11 is 0. The van der Waals surface area contributed by atoms with Gasteiger partial charge in [0.25, 0.3) is 0 Å². The Bertz CT molecular complexity index is 644. The fourth-order valence-corrected chi connectivity index (χ4v) is 2.86. The number of benzene rings is 1. The van der Waals surface area contributed by atoms with Crippen LogP contribution in [0.25, 0.3) is 0 Å². The fourth-order valence-electron chi connectivity index (χ4n) is 1.85. The van der Waals surface area contributed by atoms with Crippen molar-refractivity contribution in [1.82, 2.24) is 20.2 Å². The van der Waals surface area contributed by atoms with Crippen molar-refractivity contribution in [2.75, 3.05) is 5.32 Å². The quantitative estimate of drug-likeness (QED) is 0.831. The molecule has 0 fully saturated rings. The minimum Gasteiger partial charge on any atom is -0.325 e. The van der Waals surface area contributed by atoms with E-state index >= 15 is 0 Å². The molecule has 0 saturated heterocycles. The third-order valence-electron chi connectivity index (χ3n) is 3.12. The lowest BCUT2D eigenvalue weighted by Gasteiger charge is -2.12. The summed E-state index contributed by atoms with van der Waals surface area (Å²) in [5.41, 5.74) is 0.687. The lowest BCUT2D eigenvalue weighted by Crippen LogP contribution is -2.30. The Morgan fingerprint density at radius 3 is 2.77 bits per heavy atom. The van der Waals surface area contributed by atoms with Gasteiger partial charge < -0.3 is 5.32 Å². The maximum absolute atomic E-state index is 12.3. The van der Waals surface area contributed by atoms with Crippen molar-refractivity contribution >= 4 is 22.4 Å². The number of aromatic nitrogens is 4. The van der Waals surface area contributed by atoms with Crippen LogP contribution in [0.5, 0.6) is 0 Å². The second kappa shape index (κ2) is 7.79. The van der Waals surface area contributed by atoms with Gasteiger partial charge >= 0.3 is 0 Å². The summed E-state index contributed by atoms with van der Waals surface area (Å²) in [6, 6.07) is 9.10. The SMILES string of the molecule is CCCn1nnnc1C[S@@](=O)[C@H](C)C(=O)Nc1ccccc1. The number of nitrogens with one attached hydrogen (secondary N) is 1. The number of amides is 1. The number of anilines is 1. The van der Waals surface area contributed by atoms with E-state index in [-0.39, 0.29) is 11.7 Å². The molecular weight excluding hydrogens is 302 g/mol. The van der Waals surface area contributed by atoms with Crippen molar-refractivity contribution in [3.63, 3.8) is 0 Å². The molecule has 1 aromatic heterocycles. The van der Waals surface area contributed by atoms with Crippen molar-refractivity contribution in [2.45, 2.75) is 37.8 Å². The van der Waals surface area contributed by atoms with Crippen LogP contribution in [-0.2, 0) is 27.9 Å². The zero-order valence-corrected chi connectivity index (χ0v) is 13.4. The van der Waals surface area contributed by atoms with E-state index in [1.165, 1.54) is 0 Å². The average Bonchev–Trinajstić information content (AvgIpc) is 2.95. The van der Waals surface area contributed by atoms with Gasteiger partial charge in [0.15, 0.2) is 5.82 Å². The summed E-state index contributed by atoms with van der Waals surface area (Å²) in [7, 11) is -1.39. The molecule has 2 rings (SSSR count). The third kappa shape index (κ3) is 4.20. The summed E-state index contributed by atoms with van der Waals surface area (Å²) in [5, 5.41) is 13.4. The second-order valence-electron chi connectivity index (χ2n) is 4.84. The van der Waals surface area contributed by atoms with E-state index in [0.717, 1.165) is 6.42 Å². The second-order valence-corrected chi connectivity index (χ2v) is 6.60. The molecule has 2 atom stereocenters. The molecular formula is C14H19N5O2S. The lowest BCUT2D eigenvalue weighted by molar-refractivity contribution is -0.115. The van der Waals surface area contributed by atoms with Crippen molar-refractivity contribution in [1.29, 1.82) is 0 Å². The van der Waals surface area contributed by atoms with Crippen LogP contribution in [0.1, 0.15) is 26.1 Å². The summed E-state index contributed by atoms with van der Waals surface area (Å²) < 4.78 is 14.0. The van der Waals surface area contributed by atoms with Crippen LogP contribution in [0.2, 0.25) is 0 Å². The van der Waals surface area contributed by atoms with Crippen LogP contribution in [-0.4, -0.2) is 35.6 Å². The zero-order chi connectivity index (χ0) is 15.9. The average molecular weight is 321 g/mol. The Labute approximate surface area is 131 Å². The van der Waals surface area contributed by atoms with Crippen molar-refractivity contribution in [3.05, 3.63) is 36.2 Å². The van der Waals surface area contributed by atoms with Crippen molar-refractivity contribution < 1.29 is 9.00 Å². The number of carbonyl (C=O) groups is 1. The number of para-hydroxylation sites is 1. The molecule has 0 aliphatic carbocycles. The standard InChI is InChI=1S/C14H19N5O2S/c1-3-9-19-13(16-17-18-19)10-22(21)11(2)14(20)15-12-7-5-4-6-8-12/h4-8,11H,3,9-10H2,1-2H3,(H,15,20)/t11-,22-/m1/s1. The van der Waals surface area contributed by atoms with Gasteiger partial charge in [-0.1, -0.05) is 25.1 Å². The number of hydrogen-bond acceptors (Lipinski definition) is 5. The first-order chi connectivity index (χ1) is 10.6. The van der Waals surface area contributed by atoms with Gasteiger partial charge in [0.2, 0.25) is 5.91 Å². The summed E-state index contributed by atoms with van der Waals surface area (Å²) in [6.45, 7) is 4.32. The normalized spacial score (nSPS) is 13.5. The molecule has 0 aliphatic heterocycles. The van der Waals surface area contributed by atoms with Gasteiger partial charge in [-0.3, -0.25) is 9.00 Å². The van der Waals surface area contributed by atoms with E-state index in [4.69, 9.17) is 0 Å². The number of hydrogen-bond donors (Lipinski definition) is 1. The van der Waals surface area contributed by atoms with Crippen LogP contribution >= 0.6 is 0 Å². The molecule has 0 aliphatic rings. The van der Waals surface area contributed by atoms with Gasteiger partial charge in [0.1, 0.15) is 5.25 Å². The minimum absolute atomic E-state index is 0.163. The van der Waals surface area contributed by atoms with Crippen LogP contribution in [0, 0.1) is 0 Å². The molecule has 2 aromatic rings. The Morgan fingerprint density at radius 2 is 2.09 bits per heavy atom. The van der Waals surface area contributed by atoms with Gasteiger partial charge in [-0.25, -0.2) is 4.68 Å². The Hall–Kier alpha value is -2.09. The first kappa shape index (κ1) is 16.3. The van der Waals surface area contributed by atoms with E-state index in [1.807, 2.05) is 25.1 Å². The topological polar surface area (TPSA) is 89.8 Å². The highest BCUT2D eigenvalue weighted by Gasteiger charge is 2.22. The minimum atomic E-state index is -1.39. The van der Waals surface area contributed by atoms with Crippen molar-refractivity contribution in [3.8, 4) is 0 Å². The fraction of sp³-hybridized carbons (Fsp3) is 0.429. The highest BCUT2D eigenvalue weighted by molar-refractivity contribution is 7.85. The molecule has 0 bridgehead atoms. The third-order valence-corrected chi connectivity index (χ3v) is 4.66. The summed E-state index contributed by atoms with van der Waals surface area (Å²) in [4.78, 5) is 12.1. The molecule has 0 radical (unpaired) electrons. The molecule has 0 spiro atoms. The molecule has 118 valence electrons. The summed E-state index contributed by atoms with van der Waals surface area (Å²) in [5.74, 6) is 0.426. The monoisotopic (exact) mass is 321 g/mol. The van der Waals surface area contributed by atoms with Gasteiger partial charge in [-0.2, -0.15) is 0 Å². The van der Waals surface area contributed by atoms with Gasteiger partial charge in [0, 0.05) is 23.0 Å². The molecule has 0 unspecified atom stereocenters. The molecule has 0 saturated carbocycles. The molecule has 1 amide bonds. The van der Waals surface area contributed by atoms with Crippen LogP contribution in [0.4, 0.5) is 5.69 Å². The Kier molecular flexibility index (Phi) is 5.76. The van der Waals surface area contributed by atoms with Crippen LogP contribution < -0.4 is 5.32 Å². The lowest BCUT2D eigenvalue weighted by atomic mass is 10.3. The largest absolute Gasteiger partial charge is 0.325 e.